The normalized spacial score (nSPS) is 10.7. The van der Waals surface area contributed by atoms with E-state index in [0.29, 0.717) is 11.4 Å². The standard InChI is InChI=1S/C21H22BrN5O2/c1-12-8-9-17(16(22)10-12)23-21(29)20-15(4)27(26-25-20)11-18(28)24-19-13(2)6-5-7-14(19)3/h5-10H,11H2,1-4H3,(H,23,29)(H,24,28). The average molecular weight is 456 g/mol. The van der Waals surface area contributed by atoms with Gasteiger partial charge in [0, 0.05) is 10.2 Å². The van der Waals surface area contributed by atoms with Gasteiger partial charge < -0.3 is 10.6 Å². The highest BCUT2D eigenvalue weighted by atomic mass is 79.9. The maximum absolute atomic E-state index is 12.6. The van der Waals surface area contributed by atoms with E-state index in [1.807, 2.05) is 57.2 Å². The third kappa shape index (κ3) is 4.71. The van der Waals surface area contributed by atoms with E-state index in [1.165, 1.54) is 4.68 Å². The smallest absolute Gasteiger partial charge is 0.278 e. The molecule has 0 aliphatic carbocycles. The Kier molecular flexibility index (Phi) is 6.12. The van der Waals surface area contributed by atoms with Gasteiger partial charge in [0.2, 0.25) is 5.91 Å². The average Bonchev–Trinajstić information content (AvgIpc) is 3.01. The molecule has 150 valence electrons. The SMILES string of the molecule is Cc1ccc(NC(=O)c2nnn(CC(=O)Nc3c(C)cccc3C)c2C)c(Br)c1. The molecule has 0 aliphatic heterocycles. The topological polar surface area (TPSA) is 88.9 Å². The van der Waals surface area contributed by atoms with Crippen molar-refractivity contribution in [2.75, 3.05) is 10.6 Å². The van der Waals surface area contributed by atoms with Gasteiger partial charge in [-0.2, -0.15) is 0 Å². The molecular weight excluding hydrogens is 434 g/mol. The van der Waals surface area contributed by atoms with Crippen molar-refractivity contribution < 1.29 is 9.59 Å². The molecule has 2 N–H and O–H groups in total. The summed E-state index contributed by atoms with van der Waals surface area (Å²) in [7, 11) is 0. The highest BCUT2D eigenvalue weighted by molar-refractivity contribution is 9.10. The molecule has 2 aromatic carbocycles. The Morgan fingerprint density at radius 3 is 2.38 bits per heavy atom. The summed E-state index contributed by atoms with van der Waals surface area (Å²) in [5, 5.41) is 13.7. The van der Waals surface area contributed by atoms with E-state index in [-0.39, 0.29) is 24.1 Å². The van der Waals surface area contributed by atoms with Gasteiger partial charge in [0.05, 0.1) is 11.4 Å². The zero-order chi connectivity index (χ0) is 21.1. The van der Waals surface area contributed by atoms with Crippen LogP contribution < -0.4 is 10.6 Å². The molecule has 0 saturated heterocycles. The Hall–Kier alpha value is -3.00. The Bertz CT molecular complexity index is 1070. The van der Waals surface area contributed by atoms with Gasteiger partial charge in [-0.15, -0.1) is 5.10 Å². The van der Waals surface area contributed by atoms with Crippen LogP contribution in [0.25, 0.3) is 0 Å². The van der Waals surface area contributed by atoms with Crippen molar-refractivity contribution in [2.45, 2.75) is 34.2 Å². The van der Waals surface area contributed by atoms with Crippen LogP contribution in [0.3, 0.4) is 0 Å². The number of anilines is 2. The van der Waals surface area contributed by atoms with Crippen LogP contribution in [-0.2, 0) is 11.3 Å². The molecule has 2 amide bonds. The maximum Gasteiger partial charge on any atom is 0.278 e. The number of nitrogens with one attached hydrogen (secondary N) is 2. The zero-order valence-electron chi connectivity index (χ0n) is 16.7. The predicted molar refractivity (Wildman–Crippen MR) is 116 cm³/mol. The van der Waals surface area contributed by atoms with Crippen LogP contribution in [0.1, 0.15) is 32.9 Å². The van der Waals surface area contributed by atoms with Crippen LogP contribution in [0.15, 0.2) is 40.9 Å². The third-order valence-electron chi connectivity index (χ3n) is 4.61. The van der Waals surface area contributed by atoms with Gasteiger partial charge in [0.25, 0.3) is 5.91 Å². The molecule has 8 heteroatoms. The molecule has 0 saturated carbocycles. The van der Waals surface area contributed by atoms with Crippen LogP contribution in [0.4, 0.5) is 11.4 Å². The van der Waals surface area contributed by atoms with Crippen LogP contribution in [0.5, 0.6) is 0 Å². The quantitative estimate of drug-likeness (QED) is 0.604. The minimum Gasteiger partial charge on any atom is -0.324 e. The van der Waals surface area contributed by atoms with E-state index in [9.17, 15) is 9.59 Å². The highest BCUT2D eigenvalue weighted by Gasteiger charge is 2.19. The number of benzene rings is 2. The molecule has 0 radical (unpaired) electrons. The molecule has 0 atom stereocenters. The lowest BCUT2D eigenvalue weighted by atomic mass is 10.1. The number of amides is 2. The second-order valence-electron chi connectivity index (χ2n) is 6.93. The number of carbonyl (C=O) groups is 2. The number of hydrogen-bond acceptors (Lipinski definition) is 4. The van der Waals surface area contributed by atoms with Crippen LogP contribution >= 0.6 is 15.9 Å². The second kappa shape index (κ2) is 8.57. The number of carbonyl (C=O) groups excluding carboxylic acids is 2. The summed E-state index contributed by atoms with van der Waals surface area (Å²) < 4.78 is 2.20. The summed E-state index contributed by atoms with van der Waals surface area (Å²) in [5.41, 5.74) is 5.17. The summed E-state index contributed by atoms with van der Waals surface area (Å²) >= 11 is 3.44. The van der Waals surface area contributed by atoms with Crippen molar-refractivity contribution in [3.63, 3.8) is 0 Å². The van der Waals surface area contributed by atoms with Gasteiger partial charge >= 0.3 is 0 Å². The largest absolute Gasteiger partial charge is 0.324 e. The van der Waals surface area contributed by atoms with Crippen LogP contribution in [0, 0.1) is 27.7 Å². The first-order valence-corrected chi connectivity index (χ1v) is 9.89. The summed E-state index contributed by atoms with van der Waals surface area (Å²) in [6.07, 6.45) is 0. The molecule has 1 aromatic heterocycles. The minimum atomic E-state index is -0.381. The van der Waals surface area contributed by atoms with Gasteiger partial charge in [-0.05, 0) is 72.4 Å². The molecule has 3 aromatic rings. The number of aromatic nitrogens is 3. The van der Waals surface area contributed by atoms with E-state index >= 15 is 0 Å². The van der Waals surface area contributed by atoms with E-state index in [0.717, 1.165) is 26.9 Å². The van der Waals surface area contributed by atoms with Crippen molar-refractivity contribution >= 4 is 39.1 Å². The first-order chi connectivity index (χ1) is 13.8. The first-order valence-electron chi connectivity index (χ1n) is 9.10. The molecule has 3 rings (SSSR count). The van der Waals surface area contributed by atoms with Gasteiger partial charge in [0.1, 0.15) is 6.54 Å². The van der Waals surface area contributed by atoms with Crippen molar-refractivity contribution in [1.29, 1.82) is 0 Å². The minimum absolute atomic E-state index is 0.0336. The fourth-order valence-electron chi connectivity index (χ4n) is 2.95. The van der Waals surface area contributed by atoms with Crippen molar-refractivity contribution in [1.82, 2.24) is 15.0 Å². The molecule has 1 heterocycles. The van der Waals surface area contributed by atoms with E-state index in [4.69, 9.17) is 0 Å². The van der Waals surface area contributed by atoms with Crippen LogP contribution in [0.2, 0.25) is 0 Å². The molecular formula is C21H22BrN5O2. The predicted octanol–water partition coefficient (Wildman–Crippen LogP) is 4.17. The molecule has 0 fully saturated rings. The number of nitrogens with zero attached hydrogens (tertiary/aromatic N) is 3. The lowest BCUT2D eigenvalue weighted by molar-refractivity contribution is -0.117. The lowest BCUT2D eigenvalue weighted by Gasteiger charge is -2.11. The summed E-state index contributed by atoms with van der Waals surface area (Å²) in [6, 6.07) is 11.5. The second-order valence-corrected chi connectivity index (χ2v) is 7.79. The third-order valence-corrected chi connectivity index (χ3v) is 5.27. The summed E-state index contributed by atoms with van der Waals surface area (Å²) in [5.74, 6) is -0.614. The van der Waals surface area contributed by atoms with E-state index in [2.05, 4.69) is 36.9 Å². The van der Waals surface area contributed by atoms with Crippen molar-refractivity contribution in [3.05, 3.63) is 68.9 Å². The molecule has 0 spiro atoms. The Balaban J connectivity index is 1.71. The molecule has 0 aliphatic rings. The zero-order valence-corrected chi connectivity index (χ0v) is 18.3. The summed E-state index contributed by atoms with van der Waals surface area (Å²) in [4.78, 5) is 25.1. The van der Waals surface area contributed by atoms with Crippen molar-refractivity contribution in [2.24, 2.45) is 0 Å². The van der Waals surface area contributed by atoms with Crippen LogP contribution in [-0.4, -0.2) is 26.8 Å². The molecule has 0 bridgehead atoms. The maximum atomic E-state index is 12.6. The van der Waals surface area contributed by atoms with Gasteiger partial charge in [-0.3, -0.25) is 9.59 Å². The van der Waals surface area contributed by atoms with E-state index < -0.39 is 0 Å². The van der Waals surface area contributed by atoms with Gasteiger partial charge in [0.15, 0.2) is 5.69 Å². The lowest BCUT2D eigenvalue weighted by Crippen LogP contribution is -2.21. The number of rotatable bonds is 5. The Morgan fingerprint density at radius 2 is 1.72 bits per heavy atom. The fraction of sp³-hybridized carbons (Fsp3) is 0.238. The number of para-hydroxylation sites is 1. The summed E-state index contributed by atoms with van der Waals surface area (Å²) in [6.45, 7) is 7.53. The van der Waals surface area contributed by atoms with Crippen molar-refractivity contribution in [3.8, 4) is 0 Å². The number of hydrogen-bond donors (Lipinski definition) is 2. The Labute approximate surface area is 177 Å². The highest BCUT2D eigenvalue weighted by Crippen LogP contribution is 2.24. The monoisotopic (exact) mass is 455 g/mol. The number of aryl methyl sites for hydroxylation is 3. The van der Waals surface area contributed by atoms with Gasteiger partial charge in [-0.25, -0.2) is 4.68 Å². The molecule has 0 unspecified atom stereocenters. The Morgan fingerprint density at radius 1 is 1.03 bits per heavy atom. The molecule has 7 nitrogen and oxygen atoms in total. The first kappa shape index (κ1) is 20.7. The number of halogens is 1. The van der Waals surface area contributed by atoms with Gasteiger partial charge in [-0.1, -0.05) is 29.5 Å². The molecule has 29 heavy (non-hydrogen) atoms. The fourth-order valence-corrected chi connectivity index (χ4v) is 3.54. The van der Waals surface area contributed by atoms with E-state index in [1.54, 1.807) is 6.92 Å².